The summed E-state index contributed by atoms with van der Waals surface area (Å²) in [5.41, 5.74) is 1.01. The monoisotopic (exact) mass is 326 g/mol. The molecule has 0 aromatic heterocycles. The summed E-state index contributed by atoms with van der Waals surface area (Å²) in [6.45, 7) is 0.0174. The third-order valence-electron chi connectivity index (χ3n) is 2.24. The van der Waals surface area contributed by atoms with Gasteiger partial charge in [-0.25, -0.2) is 0 Å². The Morgan fingerprint density at radius 2 is 1.94 bits per heavy atom. The molecule has 6 heteroatoms. The van der Waals surface area contributed by atoms with Gasteiger partial charge in [-0.3, -0.25) is 0 Å². The van der Waals surface area contributed by atoms with Crippen molar-refractivity contribution in [2.45, 2.75) is 24.3 Å². The molecule has 0 amide bonds. The van der Waals surface area contributed by atoms with Crippen molar-refractivity contribution in [1.82, 2.24) is 0 Å². The number of methoxy groups -OCH3 is 1. The summed E-state index contributed by atoms with van der Waals surface area (Å²) in [5, 5.41) is 0.678. The fourth-order valence-corrected chi connectivity index (χ4v) is 1.72. The van der Waals surface area contributed by atoms with E-state index in [-0.39, 0.29) is 13.0 Å². The summed E-state index contributed by atoms with van der Waals surface area (Å²) in [4.78, 5) is 0. The molecule has 0 N–H and O–H groups in total. The topological polar surface area (TPSA) is 18.5 Å². The van der Waals surface area contributed by atoms with Crippen LogP contribution in [0.4, 0.5) is 13.2 Å². The lowest BCUT2D eigenvalue weighted by molar-refractivity contribution is -0.136. The highest BCUT2D eigenvalue weighted by atomic mass is 79.9. The first kappa shape index (κ1) is 15.1. The minimum absolute atomic E-state index is 0.0174. The molecule has 0 fully saturated rings. The van der Waals surface area contributed by atoms with Crippen LogP contribution in [0.25, 0.3) is 0 Å². The van der Waals surface area contributed by atoms with E-state index in [0.717, 1.165) is 5.56 Å². The fourth-order valence-electron chi connectivity index (χ4n) is 1.37. The Bertz CT molecular complexity index is 380. The number of benzene rings is 1. The van der Waals surface area contributed by atoms with E-state index < -0.39 is 12.6 Å². The summed E-state index contributed by atoms with van der Waals surface area (Å²) in [6, 6.07) is 5.31. The van der Waals surface area contributed by atoms with Gasteiger partial charge >= 0.3 is 6.18 Å². The van der Waals surface area contributed by atoms with Crippen molar-refractivity contribution in [2.24, 2.45) is 0 Å². The van der Waals surface area contributed by atoms with Crippen LogP contribution < -0.4 is 9.47 Å². The average Bonchev–Trinajstić information content (AvgIpc) is 2.33. The maximum atomic E-state index is 11.9. The summed E-state index contributed by atoms with van der Waals surface area (Å²) in [6.07, 6.45) is -5.03. The van der Waals surface area contributed by atoms with Gasteiger partial charge in [0.2, 0.25) is 0 Å². The average molecular weight is 327 g/mol. The van der Waals surface area contributed by atoms with Crippen molar-refractivity contribution in [1.29, 1.82) is 0 Å². The van der Waals surface area contributed by atoms with Gasteiger partial charge in [-0.05, 0) is 24.1 Å². The van der Waals surface area contributed by atoms with Gasteiger partial charge in [0.25, 0.3) is 0 Å². The van der Waals surface area contributed by atoms with Crippen LogP contribution in [0, 0.1) is 0 Å². The Morgan fingerprint density at radius 3 is 2.50 bits per heavy atom. The molecule has 1 rings (SSSR count). The van der Waals surface area contributed by atoms with Gasteiger partial charge in [0, 0.05) is 11.8 Å². The van der Waals surface area contributed by atoms with Crippen molar-refractivity contribution in [2.75, 3.05) is 13.7 Å². The largest absolute Gasteiger partial charge is 0.493 e. The number of halogens is 4. The molecule has 102 valence electrons. The maximum absolute atomic E-state index is 11.9. The second-order valence-electron chi connectivity index (χ2n) is 3.69. The van der Waals surface area contributed by atoms with Crippen molar-refractivity contribution < 1.29 is 22.6 Å². The van der Waals surface area contributed by atoms with Crippen LogP contribution in [0.3, 0.4) is 0 Å². The lowest BCUT2D eigenvalue weighted by Crippen LogP contribution is -2.10. The van der Waals surface area contributed by atoms with Crippen molar-refractivity contribution in [3.05, 3.63) is 23.8 Å². The fraction of sp³-hybridized carbons (Fsp3) is 0.500. The van der Waals surface area contributed by atoms with E-state index in [0.29, 0.717) is 16.8 Å². The number of alkyl halides is 4. The van der Waals surface area contributed by atoms with Crippen LogP contribution in [-0.2, 0) is 5.33 Å². The Labute approximate surface area is 112 Å². The highest BCUT2D eigenvalue weighted by Gasteiger charge is 2.26. The predicted octanol–water partition coefficient (Wildman–Crippen LogP) is 4.31. The molecular weight excluding hydrogens is 313 g/mol. The summed E-state index contributed by atoms with van der Waals surface area (Å²) in [5.74, 6) is 0.989. The summed E-state index contributed by atoms with van der Waals surface area (Å²) < 4.78 is 46.2. The quantitative estimate of drug-likeness (QED) is 0.572. The molecule has 0 spiro atoms. The van der Waals surface area contributed by atoms with Gasteiger partial charge in [0.1, 0.15) is 0 Å². The third kappa shape index (κ3) is 5.16. The molecule has 0 aliphatic rings. The van der Waals surface area contributed by atoms with E-state index in [4.69, 9.17) is 9.47 Å². The molecule has 18 heavy (non-hydrogen) atoms. The molecule has 2 nitrogen and oxygen atoms in total. The minimum atomic E-state index is -4.13. The highest BCUT2D eigenvalue weighted by Crippen LogP contribution is 2.29. The normalized spacial score (nSPS) is 11.4. The Hall–Kier alpha value is -0.910. The first-order valence-electron chi connectivity index (χ1n) is 5.38. The van der Waals surface area contributed by atoms with Gasteiger partial charge in [0.05, 0.1) is 13.7 Å². The van der Waals surface area contributed by atoms with E-state index in [2.05, 4.69) is 15.9 Å². The second kappa shape index (κ2) is 6.87. The Kier molecular flexibility index (Phi) is 5.78. The Balaban J connectivity index is 2.51. The van der Waals surface area contributed by atoms with Crippen LogP contribution in [0.5, 0.6) is 11.5 Å². The molecule has 1 aromatic carbocycles. The van der Waals surface area contributed by atoms with Crippen molar-refractivity contribution >= 4 is 15.9 Å². The molecular formula is C12H14BrF3O2. The van der Waals surface area contributed by atoms with Gasteiger partial charge in [0.15, 0.2) is 11.5 Å². The van der Waals surface area contributed by atoms with E-state index >= 15 is 0 Å². The lowest BCUT2D eigenvalue weighted by Gasteiger charge is -2.12. The zero-order valence-corrected chi connectivity index (χ0v) is 11.5. The molecule has 0 unspecified atom stereocenters. The van der Waals surface area contributed by atoms with Gasteiger partial charge in [-0.2, -0.15) is 13.2 Å². The van der Waals surface area contributed by atoms with Crippen molar-refractivity contribution in [3.8, 4) is 11.5 Å². The first-order chi connectivity index (χ1) is 8.46. The summed E-state index contributed by atoms with van der Waals surface area (Å²) >= 11 is 3.31. The number of hydrogen-bond donors (Lipinski definition) is 0. The minimum Gasteiger partial charge on any atom is -0.493 e. The molecule has 0 saturated heterocycles. The van der Waals surface area contributed by atoms with E-state index in [1.54, 1.807) is 12.1 Å². The first-order valence-corrected chi connectivity index (χ1v) is 6.51. The van der Waals surface area contributed by atoms with Crippen LogP contribution in [0.1, 0.15) is 18.4 Å². The second-order valence-corrected chi connectivity index (χ2v) is 4.25. The Morgan fingerprint density at radius 1 is 1.22 bits per heavy atom. The molecule has 0 aliphatic heterocycles. The molecule has 0 radical (unpaired) electrons. The van der Waals surface area contributed by atoms with Gasteiger partial charge in [-0.15, -0.1) is 0 Å². The smallest absolute Gasteiger partial charge is 0.389 e. The molecule has 0 heterocycles. The molecule has 1 aromatic rings. The molecule has 0 bridgehead atoms. The zero-order chi connectivity index (χ0) is 13.6. The van der Waals surface area contributed by atoms with E-state index in [9.17, 15) is 13.2 Å². The van der Waals surface area contributed by atoms with Crippen LogP contribution in [0.2, 0.25) is 0 Å². The van der Waals surface area contributed by atoms with Gasteiger partial charge < -0.3 is 9.47 Å². The number of ether oxygens (including phenoxy) is 2. The predicted molar refractivity (Wildman–Crippen MR) is 66.4 cm³/mol. The maximum Gasteiger partial charge on any atom is 0.389 e. The highest BCUT2D eigenvalue weighted by molar-refractivity contribution is 9.08. The van der Waals surface area contributed by atoms with E-state index in [1.807, 2.05) is 6.07 Å². The third-order valence-corrected chi connectivity index (χ3v) is 2.89. The van der Waals surface area contributed by atoms with Crippen LogP contribution >= 0.6 is 15.9 Å². The van der Waals surface area contributed by atoms with Crippen LogP contribution in [0.15, 0.2) is 18.2 Å². The van der Waals surface area contributed by atoms with Gasteiger partial charge in [-0.1, -0.05) is 22.0 Å². The lowest BCUT2D eigenvalue weighted by atomic mass is 10.2. The molecule has 0 aliphatic carbocycles. The number of rotatable bonds is 6. The zero-order valence-electron chi connectivity index (χ0n) is 9.89. The van der Waals surface area contributed by atoms with E-state index in [1.165, 1.54) is 7.11 Å². The van der Waals surface area contributed by atoms with Crippen LogP contribution in [-0.4, -0.2) is 19.9 Å². The SMILES string of the molecule is COc1cc(CBr)ccc1OCCCC(F)(F)F. The standard InChI is InChI=1S/C12H14BrF3O2/c1-17-11-7-9(8-13)3-4-10(11)18-6-2-5-12(14,15)16/h3-4,7H,2,5-6,8H2,1H3. The van der Waals surface area contributed by atoms with Crippen molar-refractivity contribution in [3.63, 3.8) is 0 Å². The molecule has 0 atom stereocenters. The number of hydrogen-bond acceptors (Lipinski definition) is 2. The summed E-state index contributed by atoms with van der Waals surface area (Å²) in [7, 11) is 1.50. The molecule has 0 saturated carbocycles.